The Bertz CT molecular complexity index is 747. The fourth-order valence-corrected chi connectivity index (χ4v) is 4.08. The molecule has 0 bridgehead atoms. The van der Waals surface area contributed by atoms with Gasteiger partial charge in [0, 0.05) is 11.1 Å². The molecule has 2 aliphatic rings. The number of nitrogens with one attached hydrogen (secondary N) is 1. The van der Waals surface area contributed by atoms with E-state index in [0.29, 0.717) is 0 Å². The Hall–Kier alpha value is -2.08. The molecule has 1 aliphatic heterocycles. The van der Waals surface area contributed by atoms with Crippen molar-refractivity contribution in [2.24, 2.45) is 0 Å². The fraction of sp³-hybridized carbons (Fsp3) is 0.364. The van der Waals surface area contributed by atoms with E-state index < -0.39 is 5.60 Å². The van der Waals surface area contributed by atoms with Crippen molar-refractivity contribution >= 4 is 0 Å². The molecule has 0 amide bonds. The van der Waals surface area contributed by atoms with Crippen molar-refractivity contribution in [3.8, 4) is 23.0 Å². The first-order valence-electron chi connectivity index (χ1n) is 9.04. The molecule has 0 aromatic heterocycles. The predicted octanol–water partition coefficient (Wildman–Crippen LogP) is 2.37. The second-order valence-corrected chi connectivity index (χ2v) is 6.91. The third-order valence-electron chi connectivity index (χ3n) is 5.36. The molecule has 2 aromatic rings. The first-order valence-corrected chi connectivity index (χ1v) is 9.04. The molecule has 1 heterocycles. The highest BCUT2D eigenvalue weighted by atomic mass is 16.3. The van der Waals surface area contributed by atoms with Crippen molar-refractivity contribution < 1.29 is 10.0 Å². The second-order valence-electron chi connectivity index (χ2n) is 6.91. The van der Waals surface area contributed by atoms with E-state index in [2.05, 4.69) is 24.0 Å². The molecule has 0 spiro atoms. The van der Waals surface area contributed by atoms with Gasteiger partial charge in [-0.15, -0.1) is 0 Å². The molecular formula is C22H24NO+. The lowest BCUT2D eigenvalue weighted by Crippen LogP contribution is -3.12. The van der Waals surface area contributed by atoms with E-state index in [-0.39, 0.29) is 0 Å². The third kappa shape index (κ3) is 2.65. The van der Waals surface area contributed by atoms with Crippen LogP contribution in [0.2, 0.25) is 0 Å². The van der Waals surface area contributed by atoms with Gasteiger partial charge in [-0.05, 0) is 30.4 Å². The minimum atomic E-state index is -1.16. The smallest absolute Gasteiger partial charge is 0.178 e. The Morgan fingerprint density at radius 2 is 1.46 bits per heavy atom. The van der Waals surface area contributed by atoms with Crippen LogP contribution in [0.1, 0.15) is 36.8 Å². The van der Waals surface area contributed by atoms with E-state index >= 15 is 0 Å². The average Bonchev–Trinajstić information content (AvgIpc) is 2.90. The maximum Gasteiger partial charge on any atom is 0.178 e. The standard InChI is InChI=1S/C22H23NO/c24-22(14-6-9-17-23-15-7-1-8-16-23)20-12-4-2-10-18(20)19-11-3-5-13-21(19)22/h2-5,10-13,24H,1,7-9,15-17H2/p+1. The number of hydrogen-bond acceptors (Lipinski definition) is 1. The van der Waals surface area contributed by atoms with Gasteiger partial charge in [0.25, 0.3) is 0 Å². The molecule has 4 rings (SSSR count). The van der Waals surface area contributed by atoms with Crippen LogP contribution in [-0.2, 0) is 5.60 Å². The number of aliphatic hydroxyl groups is 1. The molecule has 2 nitrogen and oxygen atoms in total. The molecule has 0 atom stereocenters. The summed E-state index contributed by atoms with van der Waals surface area (Å²) in [7, 11) is 0. The normalized spacial score (nSPS) is 18.4. The molecule has 0 saturated carbocycles. The monoisotopic (exact) mass is 318 g/mol. The lowest BCUT2D eigenvalue weighted by Gasteiger charge is -2.22. The van der Waals surface area contributed by atoms with Crippen molar-refractivity contribution in [3.05, 3.63) is 59.7 Å². The SMILES string of the molecule is OC1(C#CCC[NH+]2CCCCC2)c2ccccc2-c2ccccc21. The largest absolute Gasteiger partial charge is 0.369 e. The van der Waals surface area contributed by atoms with Crippen molar-refractivity contribution in [2.45, 2.75) is 31.3 Å². The van der Waals surface area contributed by atoms with Crippen LogP contribution in [0, 0.1) is 11.8 Å². The summed E-state index contributed by atoms with van der Waals surface area (Å²) in [5.41, 5.74) is 2.89. The summed E-state index contributed by atoms with van der Waals surface area (Å²) in [5.74, 6) is 6.48. The molecule has 2 aromatic carbocycles. The molecule has 0 radical (unpaired) electrons. The van der Waals surface area contributed by atoms with Crippen molar-refractivity contribution in [1.29, 1.82) is 0 Å². The quantitative estimate of drug-likeness (QED) is 0.817. The molecule has 2 N–H and O–H groups in total. The van der Waals surface area contributed by atoms with Gasteiger partial charge < -0.3 is 10.0 Å². The van der Waals surface area contributed by atoms with Crippen molar-refractivity contribution in [3.63, 3.8) is 0 Å². The molecule has 2 heteroatoms. The van der Waals surface area contributed by atoms with Crippen LogP contribution >= 0.6 is 0 Å². The second kappa shape index (κ2) is 6.43. The predicted molar refractivity (Wildman–Crippen MR) is 96.7 cm³/mol. The number of hydrogen-bond donors (Lipinski definition) is 2. The Morgan fingerprint density at radius 1 is 0.875 bits per heavy atom. The summed E-state index contributed by atoms with van der Waals surface area (Å²) in [6.07, 6.45) is 4.91. The summed E-state index contributed by atoms with van der Waals surface area (Å²) < 4.78 is 0. The van der Waals surface area contributed by atoms with Gasteiger partial charge in [0.2, 0.25) is 0 Å². The number of rotatable bonds is 2. The van der Waals surface area contributed by atoms with E-state index in [0.717, 1.165) is 35.2 Å². The minimum absolute atomic E-state index is 0.849. The Morgan fingerprint density at radius 3 is 2.08 bits per heavy atom. The zero-order valence-corrected chi connectivity index (χ0v) is 14.0. The highest BCUT2D eigenvalue weighted by Gasteiger charge is 2.39. The number of piperidine rings is 1. The minimum Gasteiger partial charge on any atom is -0.369 e. The van der Waals surface area contributed by atoms with Gasteiger partial charge in [0.15, 0.2) is 5.60 Å². The zero-order chi connectivity index (χ0) is 16.4. The van der Waals surface area contributed by atoms with Crippen molar-refractivity contribution in [2.75, 3.05) is 19.6 Å². The summed E-state index contributed by atoms with van der Waals surface area (Å²) in [6.45, 7) is 3.64. The Labute approximate surface area is 144 Å². The first kappa shape index (κ1) is 15.4. The topological polar surface area (TPSA) is 24.7 Å². The summed E-state index contributed by atoms with van der Waals surface area (Å²) in [5, 5.41) is 11.4. The van der Waals surface area contributed by atoms with Crippen LogP contribution < -0.4 is 4.90 Å². The molecule has 1 saturated heterocycles. The summed E-state index contributed by atoms with van der Waals surface area (Å²) >= 11 is 0. The molecule has 1 aliphatic carbocycles. The van der Waals surface area contributed by atoms with Gasteiger partial charge in [-0.1, -0.05) is 60.4 Å². The van der Waals surface area contributed by atoms with Crippen LogP contribution in [0.3, 0.4) is 0 Å². The fourth-order valence-electron chi connectivity index (χ4n) is 4.08. The van der Waals surface area contributed by atoms with Gasteiger partial charge in [0.1, 0.15) is 0 Å². The molecule has 0 unspecified atom stereocenters. The van der Waals surface area contributed by atoms with Gasteiger partial charge in [0.05, 0.1) is 26.1 Å². The van der Waals surface area contributed by atoms with Crippen LogP contribution in [0.15, 0.2) is 48.5 Å². The van der Waals surface area contributed by atoms with Crippen LogP contribution in [0.5, 0.6) is 0 Å². The van der Waals surface area contributed by atoms with E-state index in [4.69, 9.17) is 0 Å². The summed E-state index contributed by atoms with van der Waals surface area (Å²) in [6, 6.07) is 16.2. The van der Waals surface area contributed by atoms with Crippen molar-refractivity contribution in [1.82, 2.24) is 0 Å². The summed E-state index contributed by atoms with van der Waals surface area (Å²) in [4.78, 5) is 1.66. The van der Waals surface area contributed by atoms with Gasteiger partial charge in [-0.25, -0.2) is 0 Å². The van der Waals surface area contributed by atoms with Gasteiger partial charge in [-0.2, -0.15) is 0 Å². The van der Waals surface area contributed by atoms with Crippen LogP contribution in [-0.4, -0.2) is 24.7 Å². The highest BCUT2D eigenvalue weighted by Crippen LogP contribution is 2.46. The van der Waals surface area contributed by atoms with E-state index in [9.17, 15) is 5.11 Å². The Kier molecular flexibility index (Phi) is 4.14. The number of benzene rings is 2. The molecule has 24 heavy (non-hydrogen) atoms. The zero-order valence-electron chi connectivity index (χ0n) is 14.0. The number of likely N-dealkylation sites (tertiary alicyclic amines) is 1. The highest BCUT2D eigenvalue weighted by molar-refractivity contribution is 5.81. The first-order chi connectivity index (χ1) is 11.8. The third-order valence-corrected chi connectivity index (χ3v) is 5.36. The van der Waals surface area contributed by atoms with E-state index in [1.54, 1.807) is 4.90 Å². The molecule has 1 fully saturated rings. The lowest BCUT2D eigenvalue weighted by atomic mass is 9.92. The maximum atomic E-state index is 11.4. The number of quaternary nitrogens is 1. The molecule has 122 valence electrons. The van der Waals surface area contributed by atoms with Crippen LogP contribution in [0.4, 0.5) is 0 Å². The van der Waals surface area contributed by atoms with E-state index in [1.165, 1.54) is 32.4 Å². The maximum absolute atomic E-state index is 11.4. The molecular weight excluding hydrogens is 294 g/mol. The average molecular weight is 318 g/mol. The van der Waals surface area contributed by atoms with Crippen LogP contribution in [0.25, 0.3) is 11.1 Å². The van der Waals surface area contributed by atoms with E-state index in [1.807, 2.05) is 36.4 Å². The Balaban J connectivity index is 1.59. The number of fused-ring (bicyclic) bond motifs is 3. The van der Waals surface area contributed by atoms with Gasteiger partial charge >= 0.3 is 0 Å². The lowest BCUT2D eigenvalue weighted by molar-refractivity contribution is -0.904. The van der Waals surface area contributed by atoms with Gasteiger partial charge in [-0.3, -0.25) is 0 Å².